The number of nitrogens with zero attached hydrogens (tertiary/aromatic N) is 1. The lowest BCUT2D eigenvalue weighted by Gasteiger charge is -2.31. The summed E-state index contributed by atoms with van der Waals surface area (Å²) in [7, 11) is -0.662. The second-order valence-corrected chi connectivity index (χ2v) is 9.52. The molecule has 7 nitrogen and oxygen atoms in total. The minimum atomic E-state index is -3.76. The van der Waals surface area contributed by atoms with Gasteiger partial charge in [-0.05, 0) is 56.2 Å². The Bertz CT molecular complexity index is 1040. The highest BCUT2D eigenvalue weighted by Gasteiger charge is 2.32. The summed E-state index contributed by atoms with van der Waals surface area (Å²) in [4.78, 5) is 13.2. The van der Waals surface area contributed by atoms with Crippen molar-refractivity contribution < 1.29 is 22.7 Å². The number of halogens is 1. The number of benzene rings is 2. The number of hydrogen-bond acceptors (Lipinski definition) is 5. The van der Waals surface area contributed by atoms with Crippen molar-refractivity contribution in [3.05, 3.63) is 52.5 Å². The summed E-state index contributed by atoms with van der Waals surface area (Å²) < 4.78 is 37.1. The van der Waals surface area contributed by atoms with Crippen LogP contribution in [0.2, 0.25) is 5.02 Å². The van der Waals surface area contributed by atoms with Gasteiger partial charge >= 0.3 is 0 Å². The molecule has 0 saturated carbocycles. The molecule has 2 atom stereocenters. The average molecular weight is 469 g/mol. The van der Waals surface area contributed by atoms with Crippen LogP contribution in [0.15, 0.2) is 36.4 Å². The van der Waals surface area contributed by atoms with E-state index in [-0.39, 0.29) is 6.42 Å². The van der Waals surface area contributed by atoms with E-state index in [1.807, 2.05) is 6.92 Å². The molecule has 170 valence electrons. The molecule has 0 aliphatic carbocycles. The summed E-state index contributed by atoms with van der Waals surface area (Å²) in [5.41, 5.74) is 1.87. The molecule has 0 aliphatic rings. The van der Waals surface area contributed by atoms with Crippen LogP contribution >= 0.6 is 11.6 Å². The molecule has 0 heterocycles. The molecule has 0 bridgehead atoms. The quantitative estimate of drug-likeness (QED) is 0.599. The van der Waals surface area contributed by atoms with Crippen molar-refractivity contribution >= 4 is 33.2 Å². The van der Waals surface area contributed by atoms with Crippen LogP contribution in [0, 0.1) is 6.92 Å². The van der Waals surface area contributed by atoms with Gasteiger partial charge in [0.2, 0.25) is 15.9 Å². The second kappa shape index (κ2) is 10.2. The molecular weight excluding hydrogens is 440 g/mol. The van der Waals surface area contributed by atoms with E-state index in [2.05, 4.69) is 5.32 Å². The van der Waals surface area contributed by atoms with Gasteiger partial charge in [0.25, 0.3) is 0 Å². The predicted octanol–water partition coefficient (Wildman–Crippen LogP) is 4.09. The molecule has 0 spiro atoms. The molecule has 0 aromatic heterocycles. The van der Waals surface area contributed by atoms with Gasteiger partial charge in [-0.2, -0.15) is 0 Å². The van der Waals surface area contributed by atoms with E-state index in [1.54, 1.807) is 64.5 Å². The zero-order valence-corrected chi connectivity index (χ0v) is 20.2. The first kappa shape index (κ1) is 24.8. The highest BCUT2D eigenvalue weighted by molar-refractivity contribution is 7.92. The summed E-state index contributed by atoms with van der Waals surface area (Å²) in [5, 5.41) is 3.33. The van der Waals surface area contributed by atoms with E-state index in [9.17, 15) is 13.2 Å². The molecule has 0 aliphatic heterocycles. The first-order valence-electron chi connectivity index (χ1n) is 9.81. The van der Waals surface area contributed by atoms with E-state index in [0.717, 1.165) is 16.1 Å². The maximum atomic E-state index is 13.2. The maximum Gasteiger partial charge on any atom is 0.244 e. The van der Waals surface area contributed by atoms with Crippen molar-refractivity contribution in [3.8, 4) is 11.5 Å². The molecule has 31 heavy (non-hydrogen) atoms. The number of anilines is 1. The van der Waals surface area contributed by atoms with Crippen molar-refractivity contribution in [2.24, 2.45) is 0 Å². The Morgan fingerprint density at radius 2 is 1.84 bits per heavy atom. The fourth-order valence-electron chi connectivity index (χ4n) is 3.34. The highest BCUT2D eigenvalue weighted by Crippen LogP contribution is 2.31. The minimum absolute atomic E-state index is 0.270. The lowest BCUT2D eigenvalue weighted by atomic mass is 10.1. The van der Waals surface area contributed by atoms with E-state index < -0.39 is 28.0 Å². The molecule has 1 N–H and O–H groups in total. The zero-order valence-electron chi connectivity index (χ0n) is 18.6. The van der Waals surface area contributed by atoms with Crippen LogP contribution < -0.4 is 19.1 Å². The molecule has 9 heteroatoms. The van der Waals surface area contributed by atoms with Crippen LogP contribution in [0.5, 0.6) is 11.5 Å². The number of aryl methyl sites for hydroxylation is 1. The standard InChI is InChI=1S/C22H29ClN2O5S/c1-7-20(25(31(6,27)28)16-9-8-14(2)19(23)12-16)22(26)24-15(3)18-13-17(29-4)10-11-21(18)30-5/h8-13,15,20H,7H2,1-6H3,(H,24,26)/t15-,20-/m0/s1. The van der Waals surface area contributed by atoms with E-state index in [1.165, 1.54) is 0 Å². The van der Waals surface area contributed by atoms with E-state index in [4.69, 9.17) is 21.1 Å². The SMILES string of the molecule is CC[C@@H](C(=O)N[C@@H](C)c1cc(OC)ccc1OC)N(c1ccc(C)c(Cl)c1)S(C)(=O)=O. The Kier molecular flexibility index (Phi) is 8.20. The molecule has 2 aromatic carbocycles. The highest BCUT2D eigenvalue weighted by atomic mass is 35.5. The summed E-state index contributed by atoms with van der Waals surface area (Å²) in [6, 6.07) is 8.82. The number of sulfonamides is 1. The Labute approximate surface area is 189 Å². The smallest absolute Gasteiger partial charge is 0.244 e. The van der Waals surface area contributed by atoms with Crippen LogP contribution in [0.1, 0.15) is 37.4 Å². The molecule has 1 amide bonds. The second-order valence-electron chi connectivity index (χ2n) is 7.25. The third kappa shape index (κ3) is 5.83. The Balaban J connectivity index is 2.39. The zero-order chi connectivity index (χ0) is 23.3. The Morgan fingerprint density at radius 1 is 1.16 bits per heavy atom. The number of carbonyl (C=O) groups is 1. The van der Waals surface area contributed by atoms with Crippen molar-refractivity contribution in [1.82, 2.24) is 5.32 Å². The first-order valence-corrected chi connectivity index (χ1v) is 12.0. The third-order valence-electron chi connectivity index (χ3n) is 5.00. The topological polar surface area (TPSA) is 84.9 Å². The van der Waals surface area contributed by atoms with Crippen molar-refractivity contribution in [3.63, 3.8) is 0 Å². The molecule has 2 aromatic rings. The number of amides is 1. The maximum absolute atomic E-state index is 13.2. The molecule has 0 unspecified atom stereocenters. The molecular formula is C22H29ClN2O5S. The van der Waals surface area contributed by atoms with Gasteiger partial charge in [-0.1, -0.05) is 24.6 Å². The van der Waals surface area contributed by atoms with Crippen LogP contribution in [0.4, 0.5) is 5.69 Å². The molecule has 0 radical (unpaired) electrons. The van der Waals surface area contributed by atoms with Crippen molar-refractivity contribution in [2.75, 3.05) is 24.8 Å². The van der Waals surface area contributed by atoms with Gasteiger partial charge in [0.15, 0.2) is 0 Å². The average Bonchev–Trinajstić information content (AvgIpc) is 2.72. The largest absolute Gasteiger partial charge is 0.497 e. The van der Waals surface area contributed by atoms with Gasteiger partial charge in [0.05, 0.1) is 32.2 Å². The van der Waals surface area contributed by atoms with Gasteiger partial charge in [-0.3, -0.25) is 9.10 Å². The van der Waals surface area contributed by atoms with E-state index >= 15 is 0 Å². The van der Waals surface area contributed by atoms with Crippen LogP contribution in [-0.2, 0) is 14.8 Å². The number of nitrogens with one attached hydrogen (secondary N) is 1. The monoisotopic (exact) mass is 468 g/mol. The van der Waals surface area contributed by atoms with Crippen LogP contribution in [0.3, 0.4) is 0 Å². The molecule has 2 rings (SSSR count). The predicted molar refractivity (Wildman–Crippen MR) is 124 cm³/mol. The lowest BCUT2D eigenvalue weighted by Crippen LogP contribution is -2.49. The van der Waals surface area contributed by atoms with Gasteiger partial charge in [0.1, 0.15) is 17.5 Å². The number of methoxy groups -OCH3 is 2. The third-order valence-corrected chi connectivity index (χ3v) is 6.59. The first-order chi connectivity index (χ1) is 14.5. The number of carbonyl (C=O) groups excluding carboxylic acids is 1. The summed E-state index contributed by atoms with van der Waals surface area (Å²) in [6.45, 7) is 5.38. The van der Waals surface area contributed by atoms with Crippen LogP contribution in [-0.4, -0.2) is 40.8 Å². The van der Waals surface area contributed by atoms with Gasteiger partial charge in [-0.15, -0.1) is 0 Å². The van der Waals surface area contributed by atoms with Gasteiger partial charge < -0.3 is 14.8 Å². The van der Waals surface area contributed by atoms with Crippen molar-refractivity contribution in [2.45, 2.75) is 39.3 Å². The normalized spacial score (nSPS) is 13.3. The lowest BCUT2D eigenvalue weighted by molar-refractivity contribution is -0.122. The number of rotatable bonds is 9. The summed E-state index contributed by atoms with van der Waals surface area (Å²) in [6.07, 6.45) is 1.34. The Morgan fingerprint density at radius 3 is 2.35 bits per heavy atom. The van der Waals surface area contributed by atoms with E-state index in [0.29, 0.717) is 27.8 Å². The van der Waals surface area contributed by atoms with Crippen molar-refractivity contribution in [1.29, 1.82) is 0 Å². The number of hydrogen-bond donors (Lipinski definition) is 1. The fraction of sp³-hybridized carbons (Fsp3) is 0.409. The van der Waals surface area contributed by atoms with Crippen LogP contribution in [0.25, 0.3) is 0 Å². The summed E-state index contributed by atoms with van der Waals surface area (Å²) in [5.74, 6) is 0.782. The summed E-state index contributed by atoms with van der Waals surface area (Å²) >= 11 is 6.21. The Hall–Kier alpha value is -2.45. The number of ether oxygens (including phenoxy) is 2. The van der Waals surface area contributed by atoms with Gasteiger partial charge in [0, 0.05) is 10.6 Å². The molecule has 0 fully saturated rings. The molecule has 0 saturated heterocycles. The minimum Gasteiger partial charge on any atom is -0.497 e. The van der Waals surface area contributed by atoms with Gasteiger partial charge in [-0.25, -0.2) is 8.42 Å². The fourth-order valence-corrected chi connectivity index (χ4v) is 4.72.